The summed E-state index contributed by atoms with van der Waals surface area (Å²) in [5.74, 6) is -1.23. The van der Waals surface area contributed by atoms with Gasteiger partial charge in [0.25, 0.3) is 5.91 Å². The molecule has 2 aromatic carbocycles. The SMILES string of the molecule is NC(=O)C1=Cc2ccccc2C(=NNc2ccccc2)C1=O. The molecule has 0 aromatic heterocycles. The van der Waals surface area contributed by atoms with Crippen LogP contribution in [0.15, 0.2) is 65.3 Å². The van der Waals surface area contributed by atoms with E-state index in [0.29, 0.717) is 5.56 Å². The number of nitrogens with two attached hydrogens (primary N) is 1. The van der Waals surface area contributed by atoms with E-state index in [2.05, 4.69) is 10.5 Å². The maximum Gasteiger partial charge on any atom is 0.252 e. The van der Waals surface area contributed by atoms with Crippen molar-refractivity contribution >= 4 is 29.2 Å². The lowest BCUT2D eigenvalue weighted by Crippen LogP contribution is -2.30. The second-order valence-electron chi connectivity index (χ2n) is 4.78. The highest BCUT2D eigenvalue weighted by Gasteiger charge is 2.28. The molecule has 3 rings (SSSR count). The van der Waals surface area contributed by atoms with Gasteiger partial charge in [-0.3, -0.25) is 15.0 Å². The van der Waals surface area contributed by atoms with Crippen LogP contribution < -0.4 is 11.2 Å². The minimum absolute atomic E-state index is 0.0627. The molecule has 0 atom stereocenters. The molecule has 1 amide bonds. The Morgan fingerprint density at radius 1 is 1.00 bits per heavy atom. The Morgan fingerprint density at radius 3 is 2.41 bits per heavy atom. The second-order valence-corrected chi connectivity index (χ2v) is 4.78. The van der Waals surface area contributed by atoms with Gasteiger partial charge < -0.3 is 5.73 Å². The highest BCUT2D eigenvalue weighted by Crippen LogP contribution is 2.22. The molecular formula is C17H13N3O2. The molecule has 0 spiro atoms. The van der Waals surface area contributed by atoms with E-state index in [1.807, 2.05) is 48.5 Å². The predicted octanol–water partition coefficient (Wildman–Crippen LogP) is 1.95. The number of nitrogens with one attached hydrogen (secondary N) is 1. The van der Waals surface area contributed by atoms with Gasteiger partial charge in [0.15, 0.2) is 0 Å². The van der Waals surface area contributed by atoms with E-state index < -0.39 is 11.7 Å². The lowest BCUT2D eigenvalue weighted by molar-refractivity contribution is -0.118. The summed E-state index contributed by atoms with van der Waals surface area (Å²) in [5, 5.41) is 4.18. The molecule has 0 radical (unpaired) electrons. The van der Waals surface area contributed by atoms with Gasteiger partial charge in [-0.25, -0.2) is 0 Å². The van der Waals surface area contributed by atoms with Crippen molar-refractivity contribution < 1.29 is 9.59 Å². The summed E-state index contributed by atoms with van der Waals surface area (Å²) in [4.78, 5) is 23.9. The number of carbonyl (C=O) groups excluding carboxylic acids is 2. The summed E-state index contributed by atoms with van der Waals surface area (Å²) in [6.45, 7) is 0. The summed E-state index contributed by atoms with van der Waals surface area (Å²) in [7, 11) is 0. The van der Waals surface area contributed by atoms with Crippen molar-refractivity contribution in [1.82, 2.24) is 0 Å². The molecule has 1 aliphatic rings. The van der Waals surface area contributed by atoms with E-state index in [1.54, 1.807) is 6.07 Å². The maximum absolute atomic E-state index is 12.4. The van der Waals surface area contributed by atoms with Crippen LogP contribution in [0.2, 0.25) is 0 Å². The van der Waals surface area contributed by atoms with Crippen molar-refractivity contribution in [3.63, 3.8) is 0 Å². The number of benzene rings is 2. The van der Waals surface area contributed by atoms with E-state index in [-0.39, 0.29) is 11.3 Å². The van der Waals surface area contributed by atoms with Crippen LogP contribution in [-0.2, 0) is 9.59 Å². The van der Waals surface area contributed by atoms with Gasteiger partial charge in [-0.1, -0.05) is 42.5 Å². The zero-order valence-corrected chi connectivity index (χ0v) is 11.6. The third kappa shape index (κ3) is 2.52. The van der Waals surface area contributed by atoms with E-state index in [9.17, 15) is 9.59 Å². The fourth-order valence-corrected chi connectivity index (χ4v) is 2.24. The molecule has 3 N–H and O–H groups in total. The Kier molecular flexibility index (Phi) is 3.53. The molecule has 108 valence electrons. The highest BCUT2D eigenvalue weighted by molar-refractivity contribution is 6.58. The Hall–Kier alpha value is -3.21. The standard InChI is InChI=1S/C17H13N3O2/c18-17(22)14-10-11-6-4-5-9-13(11)15(16(14)21)20-19-12-7-2-1-3-8-12/h1-10,19H,(H2,18,22). The fraction of sp³-hybridized carbons (Fsp3) is 0. The van der Waals surface area contributed by atoms with Crippen molar-refractivity contribution in [1.29, 1.82) is 0 Å². The molecule has 5 heteroatoms. The lowest BCUT2D eigenvalue weighted by Gasteiger charge is -2.15. The van der Waals surface area contributed by atoms with Crippen molar-refractivity contribution in [2.45, 2.75) is 0 Å². The van der Waals surface area contributed by atoms with Gasteiger partial charge in [-0.15, -0.1) is 0 Å². The monoisotopic (exact) mass is 291 g/mol. The molecule has 22 heavy (non-hydrogen) atoms. The Labute approximate surface area is 127 Å². The second kappa shape index (κ2) is 5.65. The summed E-state index contributed by atoms with van der Waals surface area (Å²) in [6, 6.07) is 16.5. The quantitative estimate of drug-likeness (QED) is 0.669. The minimum atomic E-state index is -0.757. The first-order valence-corrected chi connectivity index (χ1v) is 6.71. The largest absolute Gasteiger partial charge is 0.365 e. The number of primary amides is 1. The number of ketones is 1. The number of para-hydroxylation sites is 1. The molecule has 2 aromatic rings. The molecule has 0 fully saturated rings. The Bertz CT molecular complexity index is 808. The first kappa shape index (κ1) is 13.8. The molecular weight excluding hydrogens is 278 g/mol. The number of amides is 1. The molecule has 0 unspecified atom stereocenters. The predicted molar refractivity (Wildman–Crippen MR) is 85.2 cm³/mol. The van der Waals surface area contributed by atoms with E-state index >= 15 is 0 Å². The van der Waals surface area contributed by atoms with Gasteiger partial charge in [0.05, 0.1) is 11.3 Å². The van der Waals surface area contributed by atoms with Gasteiger partial charge in [0.2, 0.25) is 5.78 Å². The number of Topliss-reactive ketones (excluding diaryl/α,β-unsaturated/α-hetero) is 1. The summed E-state index contributed by atoms with van der Waals surface area (Å²) in [6.07, 6.45) is 1.50. The first-order chi connectivity index (χ1) is 10.7. The summed E-state index contributed by atoms with van der Waals surface area (Å²) >= 11 is 0. The molecule has 0 saturated carbocycles. The van der Waals surface area contributed by atoms with Gasteiger partial charge in [0.1, 0.15) is 5.71 Å². The molecule has 0 saturated heterocycles. The Morgan fingerprint density at radius 2 is 1.68 bits per heavy atom. The van der Waals surface area contributed by atoms with Gasteiger partial charge in [-0.2, -0.15) is 5.10 Å². The average molecular weight is 291 g/mol. The zero-order valence-electron chi connectivity index (χ0n) is 11.6. The number of carbonyl (C=O) groups is 2. The molecule has 0 aliphatic heterocycles. The van der Waals surface area contributed by atoms with Crippen molar-refractivity contribution in [2.24, 2.45) is 10.8 Å². The number of hydrogen-bond acceptors (Lipinski definition) is 4. The van der Waals surface area contributed by atoms with Crippen LogP contribution in [0.1, 0.15) is 11.1 Å². The first-order valence-electron chi connectivity index (χ1n) is 6.71. The third-order valence-electron chi connectivity index (χ3n) is 3.31. The van der Waals surface area contributed by atoms with Crippen molar-refractivity contribution in [2.75, 3.05) is 5.43 Å². The smallest absolute Gasteiger partial charge is 0.252 e. The topological polar surface area (TPSA) is 84.6 Å². The summed E-state index contributed by atoms with van der Waals surface area (Å²) < 4.78 is 0. The molecule has 5 nitrogen and oxygen atoms in total. The maximum atomic E-state index is 12.4. The van der Waals surface area contributed by atoms with Crippen molar-refractivity contribution in [3.8, 4) is 0 Å². The number of anilines is 1. The molecule has 1 aliphatic carbocycles. The fourth-order valence-electron chi connectivity index (χ4n) is 2.24. The molecule has 0 bridgehead atoms. The number of fused-ring (bicyclic) bond motifs is 1. The van der Waals surface area contributed by atoms with Crippen LogP contribution in [0.4, 0.5) is 5.69 Å². The highest BCUT2D eigenvalue weighted by atomic mass is 16.2. The number of rotatable bonds is 3. The molecule has 0 heterocycles. The number of nitrogens with zero attached hydrogens (tertiary/aromatic N) is 1. The van der Waals surface area contributed by atoms with Crippen LogP contribution in [0.3, 0.4) is 0 Å². The van der Waals surface area contributed by atoms with Crippen LogP contribution in [0.5, 0.6) is 0 Å². The normalized spacial score (nSPS) is 15.2. The Balaban J connectivity index is 2.04. The minimum Gasteiger partial charge on any atom is -0.365 e. The number of hydrogen-bond donors (Lipinski definition) is 2. The van der Waals surface area contributed by atoms with Crippen LogP contribution >= 0.6 is 0 Å². The van der Waals surface area contributed by atoms with E-state index in [4.69, 9.17) is 5.73 Å². The number of hydrazone groups is 1. The van der Waals surface area contributed by atoms with Crippen LogP contribution in [0.25, 0.3) is 6.08 Å². The van der Waals surface area contributed by atoms with Crippen LogP contribution in [-0.4, -0.2) is 17.4 Å². The summed E-state index contributed by atoms with van der Waals surface area (Å²) in [5.41, 5.74) is 10.4. The lowest BCUT2D eigenvalue weighted by atomic mass is 9.89. The van der Waals surface area contributed by atoms with E-state index in [1.165, 1.54) is 6.08 Å². The van der Waals surface area contributed by atoms with Gasteiger partial charge in [0, 0.05) is 5.56 Å². The average Bonchev–Trinajstić information content (AvgIpc) is 2.54. The van der Waals surface area contributed by atoms with Gasteiger partial charge >= 0.3 is 0 Å². The van der Waals surface area contributed by atoms with Crippen molar-refractivity contribution in [3.05, 3.63) is 71.3 Å². The van der Waals surface area contributed by atoms with Crippen LogP contribution in [0, 0.1) is 0 Å². The van der Waals surface area contributed by atoms with E-state index in [0.717, 1.165) is 11.3 Å². The van der Waals surface area contributed by atoms with Gasteiger partial charge in [-0.05, 0) is 23.8 Å². The third-order valence-corrected chi connectivity index (χ3v) is 3.31. The zero-order chi connectivity index (χ0) is 15.5.